The van der Waals surface area contributed by atoms with Gasteiger partial charge >= 0.3 is 0 Å². The lowest BCUT2D eigenvalue weighted by atomic mass is 9.84. The van der Waals surface area contributed by atoms with Crippen molar-refractivity contribution in [1.29, 1.82) is 0 Å². The molecule has 3 atom stereocenters. The molecule has 3 unspecified atom stereocenters. The van der Waals surface area contributed by atoms with Crippen LogP contribution in [-0.2, 0) is 4.79 Å². The summed E-state index contributed by atoms with van der Waals surface area (Å²) in [5.74, 6) is 0.710. The number of hydrogen-bond acceptors (Lipinski definition) is 3. The molecule has 1 saturated carbocycles. The predicted octanol–water partition coefficient (Wildman–Crippen LogP) is 4.76. The van der Waals surface area contributed by atoms with Crippen LogP contribution in [0.5, 0.6) is 5.75 Å². The number of halogens is 1. The van der Waals surface area contributed by atoms with Gasteiger partial charge in [0.2, 0.25) is 5.91 Å². The summed E-state index contributed by atoms with van der Waals surface area (Å²) in [5.41, 5.74) is 1.23. The molecule has 1 aliphatic heterocycles. The van der Waals surface area contributed by atoms with Crippen LogP contribution in [0, 0.1) is 5.92 Å². The normalized spacial score (nSPS) is 23.4. The van der Waals surface area contributed by atoms with Gasteiger partial charge in [-0.25, -0.2) is 0 Å². The van der Waals surface area contributed by atoms with E-state index < -0.39 is 6.04 Å². The molecule has 1 saturated heterocycles. The lowest BCUT2D eigenvalue weighted by Gasteiger charge is -2.33. The Morgan fingerprint density at radius 3 is 2.59 bits per heavy atom. The van der Waals surface area contributed by atoms with E-state index in [2.05, 4.69) is 5.32 Å². The average Bonchev–Trinajstić information content (AvgIpc) is 3.14. The Labute approximate surface area is 176 Å². The zero-order valence-electron chi connectivity index (χ0n) is 16.4. The number of fused-ring (bicyclic) bond motifs is 1. The maximum absolute atomic E-state index is 13.3. The number of likely N-dealkylation sites (tertiary alicyclic amines) is 1. The van der Waals surface area contributed by atoms with Gasteiger partial charge in [-0.1, -0.05) is 42.6 Å². The third-order valence-electron chi connectivity index (χ3n) is 6.07. The molecule has 2 aromatic rings. The molecule has 1 heterocycles. The molecule has 1 N–H and O–H groups in total. The fourth-order valence-electron chi connectivity index (χ4n) is 4.69. The number of anilines is 1. The quantitative estimate of drug-likeness (QED) is 0.787. The molecule has 0 bridgehead atoms. The van der Waals surface area contributed by atoms with Gasteiger partial charge in [-0.2, -0.15) is 0 Å². The first kappa shape index (κ1) is 19.8. The second kappa shape index (κ2) is 8.46. The van der Waals surface area contributed by atoms with Gasteiger partial charge in [-0.3, -0.25) is 9.59 Å². The smallest absolute Gasteiger partial charge is 0.254 e. The number of benzene rings is 2. The molecule has 1 aliphatic carbocycles. The first-order valence-corrected chi connectivity index (χ1v) is 10.5. The number of nitrogens with one attached hydrogen (secondary N) is 1. The van der Waals surface area contributed by atoms with Crippen LogP contribution >= 0.6 is 11.6 Å². The molecule has 4 rings (SSSR count). The zero-order valence-corrected chi connectivity index (χ0v) is 17.2. The number of carbonyl (C=O) groups is 2. The minimum Gasteiger partial charge on any atom is -0.495 e. The minimum absolute atomic E-state index is 0.0621. The van der Waals surface area contributed by atoms with Crippen LogP contribution in [0.25, 0.3) is 0 Å². The Morgan fingerprint density at radius 2 is 1.86 bits per heavy atom. The predicted molar refractivity (Wildman–Crippen MR) is 113 cm³/mol. The summed E-state index contributed by atoms with van der Waals surface area (Å²) in [5, 5.41) is 3.38. The Hall–Kier alpha value is -2.53. The number of hydrogen-bond donors (Lipinski definition) is 1. The first-order chi connectivity index (χ1) is 14.1. The molecule has 2 aromatic carbocycles. The highest BCUT2D eigenvalue weighted by Crippen LogP contribution is 2.41. The first-order valence-electron chi connectivity index (χ1n) is 10.1. The number of carbonyl (C=O) groups excluding carboxylic acids is 2. The molecule has 2 amide bonds. The topological polar surface area (TPSA) is 58.6 Å². The molecule has 152 valence electrons. The van der Waals surface area contributed by atoms with Crippen LogP contribution in [0.3, 0.4) is 0 Å². The van der Waals surface area contributed by atoms with E-state index in [-0.39, 0.29) is 17.9 Å². The zero-order chi connectivity index (χ0) is 20.4. The van der Waals surface area contributed by atoms with E-state index in [1.54, 1.807) is 25.3 Å². The summed E-state index contributed by atoms with van der Waals surface area (Å²) in [6.07, 6.45) is 5.00. The van der Waals surface area contributed by atoms with Crippen molar-refractivity contribution in [3.63, 3.8) is 0 Å². The maximum Gasteiger partial charge on any atom is 0.254 e. The van der Waals surface area contributed by atoms with Crippen LogP contribution in [0.1, 0.15) is 42.5 Å². The summed E-state index contributed by atoms with van der Waals surface area (Å²) in [6, 6.07) is 14.0. The van der Waals surface area contributed by atoms with Crippen molar-refractivity contribution >= 4 is 29.1 Å². The second-order valence-corrected chi connectivity index (χ2v) is 8.19. The third-order valence-corrected chi connectivity index (χ3v) is 6.36. The number of ether oxygens (including phenoxy) is 1. The molecule has 0 radical (unpaired) electrons. The SMILES string of the molecule is COc1ccc(NC(=O)C2CC3CCCCC3N2C(=O)c2ccccc2)cc1Cl. The van der Waals surface area contributed by atoms with Gasteiger partial charge in [0.25, 0.3) is 5.91 Å². The number of methoxy groups -OCH3 is 1. The Morgan fingerprint density at radius 1 is 1.10 bits per heavy atom. The number of amides is 2. The van der Waals surface area contributed by atoms with Crippen LogP contribution in [0.15, 0.2) is 48.5 Å². The Balaban J connectivity index is 1.58. The maximum atomic E-state index is 13.3. The minimum atomic E-state index is -0.475. The van der Waals surface area contributed by atoms with E-state index in [9.17, 15) is 9.59 Å². The average molecular weight is 413 g/mol. The standard InChI is InChI=1S/C23H25ClN2O3/c1-29-21-12-11-17(14-18(21)24)25-22(27)20-13-16-9-5-6-10-19(16)26(20)23(28)15-7-3-2-4-8-15/h2-4,7-8,11-12,14,16,19-20H,5-6,9-10,13H2,1H3,(H,25,27). The van der Waals surface area contributed by atoms with Crippen molar-refractivity contribution in [2.45, 2.75) is 44.2 Å². The highest BCUT2D eigenvalue weighted by molar-refractivity contribution is 6.32. The fraction of sp³-hybridized carbons (Fsp3) is 0.391. The lowest BCUT2D eigenvalue weighted by Crippen LogP contribution is -2.47. The molecule has 0 spiro atoms. The van der Waals surface area contributed by atoms with Crippen molar-refractivity contribution < 1.29 is 14.3 Å². The van der Waals surface area contributed by atoms with Crippen molar-refractivity contribution in [3.05, 3.63) is 59.1 Å². The van der Waals surface area contributed by atoms with Gasteiger partial charge in [-0.05, 0) is 55.5 Å². The number of rotatable bonds is 4. The number of nitrogens with zero attached hydrogens (tertiary/aromatic N) is 1. The summed E-state index contributed by atoms with van der Waals surface area (Å²) >= 11 is 6.19. The van der Waals surface area contributed by atoms with Gasteiger partial charge in [0.15, 0.2) is 0 Å². The van der Waals surface area contributed by atoms with Gasteiger partial charge in [0.1, 0.15) is 11.8 Å². The Bertz CT molecular complexity index is 902. The molecule has 29 heavy (non-hydrogen) atoms. The van der Waals surface area contributed by atoms with Crippen molar-refractivity contribution in [2.24, 2.45) is 5.92 Å². The van der Waals surface area contributed by atoms with E-state index in [4.69, 9.17) is 16.3 Å². The summed E-state index contributed by atoms with van der Waals surface area (Å²) in [7, 11) is 1.55. The third kappa shape index (κ3) is 3.97. The van der Waals surface area contributed by atoms with Gasteiger partial charge in [0.05, 0.1) is 12.1 Å². The molecular formula is C23H25ClN2O3. The van der Waals surface area contributed by atoms with E-state index in [1.807, 2.05) is 35.2 Å². The van der Waals surface area contributed by atoms with Gasteiger partial charge in [0, 0.05) is 17.3 Å². The highest BCUT2D eigenvalue weighted by atomic mass is 35.5. The molecule has 6 heteroatoms. The van der Waals surface area contributed by atoms with Crippen LogP contribution in [0.4, 0.5) is 5.69 Å². The van der Waals surface area contributed by atoms with Crippen molar-refractivity contribution in [3.8, 4) is 5.75 Å². The molecule has 2 aliphatic rings. The van der Waals surface area contributed by atoms with E-state index in [0.29, 0.717) is 34.4 Å². The lowest BCUT2D eigenvalue weighted by molar-refractivity contribution is -0.120. The summed E-state index contributed by atoms with van der Waals surface area (Å²) < 4.78 is 5.17. The van der Waals surface area contributed by atoms with E-state index >= 15 is 0 Å². The molecular weight excluding hydrogens is 388 g/mol. The van der Waals surface area contributed by atoms with Gasteiger partial charge in [-0.15, -0.1) is 0 Å². The molecule has 2 fully saturated rings. The molecule has 5 nitrogen and oxygen atoms in total. The monoisotopic (exact) mass is 412 g/mol. The largest absolute Gasteiger partial charge is 0.495 e. The highest BCUT2D eigenvalue weighted by Gasteiger charge is 2.47. The van der Waals surface area contributed by atoms with Crippen LogP contribution in [-0.4, -0.2) is 35.9 Å². The van der Waals surface area contributed by atoms with Crippen molar-refractivity contribution in [2.75, 3.05) is 12.4 Å². The molecule has 0 aromatic heterocycles. The van der Waals surface area contributed by atoms with Gasteiger partial charge < -0.3 is 15.0 Å². The Kier molecular flexibility index (Phi) is 5.76. The fourth-order valence-corrected chi connectivity index (χ4v) is 4.94. The van der Waals surface area contributed by atoms with Crippen LogP contribution in [0.2, 0.25) is 5.02 Å². The second-order valence-electron chi connectivity index (χ2n) is 7.78. The van der Waals surface area contributed by atoms with E-state index in [0.717, 1.165) is 25.7 Å². The van der Waals surface area contributed by atoms with E-state index in [1.165, 1.54) is 0 Å². The van der Waals surface area contributed by atoms with Crippen molar-refractivity contribution in [1.82, 2.24) is 4.90 Å². The van der Waals surface area contributed by atoms with Crippen LogP contribution < -0.4 is 10.1 Å². The summed E-state index contributed by atoms with van der Waals surface area (Å²) in [4.78, 5) is 28.3. The summed E-state index contributed by atoms with van der Waals surface area (Å²) in [6.45, 7) is 0.